The Balaban J connectivity index is 1.69. The van der Waals surface area contributed by atoms with Crippen molar-refractivity contribution in [1.29, 1.82) is 0 Å². The van der Waals surface area contributed by atoms with E-state index in [2.05, 4.69) is 15.1 Å². The second kappa shape index (κ2) is 6.95. The minimum absolute atomic E-state index is 0.147. The van der Waals surface area contributed by atoms with E-state index in [9.17, 15) is 4.79 Å². The van der Waals surface area contributed by atoms with Crippen molar-refractivity contribution in [3.8, 4) is 5.75 Å². The minimum atomic E-state index is -0.392. The summed E-state index contributed by atoms with van der Waals surface area (Å²) in [7, 11) is 1.35. The quantitative estimate of drug-likeness (QED) is 0.455. The Hall–Kier alpha value is -2.42. The lowest BCUT2D eigenvalue weighted by molar-refractivity contribution is 0.0605. The number of esters is 1. The second-order valence-corrected chi connectivity index (χ2v) is 7.45. The summed E-state index contributed by atoms with van der Waals surface area (Å²) in [6.45, 7) is 1.99. The summed E-state index contributed by atoms with van der Waals surface area (Å²) in [5.74, 6) is 0.642. The molecule has 0 saturated carbocycles. The number of hydrogen-bond donors (Lipinski definition) is 0. The molecular formula is C17H12Cl2N4O3S. The van der Waals surface area contributed by atoms with Gasteiger partial charge < -0.3 is 9.47 Å². The predicted molar refractivity (Wildman–Crippen MR) is 103 cm³/mol. The highest BCUT2D eigenvalue weighted by atomic mass is 35.5. The summed E-state index contributed by atoms with van der Waals surface area (Å²) in [6.07, 6.45) is 1.56. The van der Waals surface area contributed by atoms with Crippen LogP contribution in [0.3, 0.4) is 0 Å². The van der Waals surface area contributed by atoms with Gasteiger partial charge in [0.1, 0.15) is 28.4 Å². The molecule has 0 bridgehead atoms. The maximum atomic E-state index is 11.9. The first kappa shape index (κ1) is 18.0. The average molecular weight is 423 g/mol. The first-order valence-electron chi connectivity index (χ1n) is 7.77. The van der Waals surface area contributed by atoms with Crippen LogP contribution in [0.1, 0.15) is 21.1 Å². The van der Waals surface area contributed by atoms with Crippen molar-refractivity contribution in [3.63, 3.8) is 0 Å². The number of carbonyl (C=O) groups excluding carboxylic acids is 1. The Morgan fingerprint density at radius 1 is 1.30 bits per heavy atom. The lowest BCUT2D eigenvalue weighted by atomic mass is 10.2. The highest BCUT2D eigenvalue weighted by Crippen LogP contribution is 2.32. The van der Waals surface area contributed by atoms with Crippen LogP contribution >= 0.6 is 34.5 Å². The third-order valence-electron chi connectivity index (χ3n) is 3.94. The van der Waals surface area contributed by atoms with Gasteiger partial charge in [-0.3, -0.25) is 0 Å². The molecule has 0 saturated heterocycles. The molecule has 0 unspecified atom stereocenters. The van der Waals surface area contributed by atoms with E-state index in [1.165, 1.54) is 18.4 Å². The van der Waals surface area contributed by atoms with Crippen molar-refractivity contribution < 1.29 is 14.3 Å². The fourth-order valence-corrected chi connectivity index (χ4v) is 3.99. The number of ether oxygens (including phenoxy) is 2. The molecule has 10 heteroatoms. The number of rotatable bonds is 4. The number of benzene rings is 1. The fourth-order valence-electron chi connectivity index (χ4n) is 2.64. The third-order valence-corrected chi connectivity index (χ3v) is 5.86. The monoisotopic (exact) mass is 422 g/mol. The third kappa shape index (κ3) is 3.20. The van der Waals surface area contributed by atoms with E-state index in [0.29, 0.717) is 37.0 Å². The van der Waals surface area contributed by atoms with E-state index < -0.39 is 5.97 Å². The van der Waals surface area contributed by atoms with Gasteiger partial charge in [0.2, 0.25) is 0 Å². The largest absolute Gasteiger partial charge is 0.485 e. The van der Waals surface area contributed by atoms with Crippen molar-refractivity contribution in [1.82, 2.24) is 19.6 Å². The van der Waals surface area contributed by atoms with Gasteiger partial charge in [-0.2, -0.15) is 0 Å². The Kier molecular flexibility index (Phi) is 4.63. The van der Waals surface area contributed by atoms with E-state index in [-0.39, 0.29) is 6.61 Å². The smallest absolute Gasteiger partial charge is 0.348 e. The van der Waals surface area contributed by atoms with E-state index in [4.69, 9.17) is 32.7 Å². The van der Waals surface area contributed by atoms with Crippen molar-refractivity contribution in [2.45, 2.75) is 13.5 Å². The van der Waals surface area contributed by atoms with Crippen LogP contribution < -0.4 is 4.74 Å². The minimum Gasteiger partial charge on any atom is -0.485 e. The lowest BCUT2D eigenvalue weighted by Gasteiger charge is -2.04. The second-order valence-electron chi connectivity index (χ2n) is 5.63. The van der Waals surface area contributed by atoms with Crippen LogP contribution in [0.2, 0.25) is 10.0 Å². The van der Waals surface area contributed by atoms with Gasteiger partial charge in [-0.25, -0.2) is 19.3 Å². The van der Waals surface area contributed by atoms with Gasteiger partial charge in [0.05, 0.1) is 22.5 Å². The predicted octanol–water partition coefficient (Wildman–Crippen LogP) is 4.32. The molecule has 27 heavy (non-hydrogen) atoms. The standard InChI is InChI=1S/C17H12Cl2N4O3S/c1-8-13-15-21-12(6-26-9-3-4-10(18)11(19)5-9)22-23(15)7-20-16(13)27-14(8)17(24)25-2/h3-5,7H,6H2,1-2H3. The number of carbonyl (C=O) groups is 1. The number of aromatic nitrogens is 4. The number of thiophene rings is 1. The molecule has 7 nitrogen and oxygen atoms in total. The Morgan fingerprint density at radius 3 is 2.85 bits per heavy atom. The SMILES string of the molecule is COC(=O)c1sc2ncn3nc(COc4ccc(Cl)c(Cl)c4)nc3c2c1C. The zero-order valence-corrected chi connectivity index (χ0v) is 16.5. The van der Waals surface area contributed by atoms with Crippen LogP contribution in [0.5, 0.6) is 5.75 Å². The number of aryl methyl sites for hydroxylation is 1. The Bertz CT molecular complexity index is 1190. The maximum Gasteiger partial charge on any atom is 0.348 e. The first-order valence-corrected chi connectivity index (χ1v) is 9.34. The van der Waals surface area contributed by atoms with Crippen LogP contribution in [0.25, 0.3) is 15.9 Å². The van der Waals surface area contributed by atoms with Crippen molar-refractivity contribution in [2.75, 3.05) is 7.11 Å². The average Bonchev–Trinajstić information content (AvgIpc) is 3.22. The molecule has 0 radical (unpaired) electrons. The van der Waals surface area contributed by atoms with Crippen LogP contribution in [0, 0.1) is 6.92 Å². The number of halogens is 2. The number of fused-ring (bicyclic) bond motifs is 3. The van der Waals surface area contributed by atoms with Crippen molar-refractivity contribution >= 4 is 56.4 Å². The fraction of sp³-hybridized carbons (Fsp3) is 0.176. The van der Waals surface area contributed by atoms with Gasteiger partial charge in [-0.05, 0) is 24.6 Å². The van der Waals surface area contributed by atoms with E-state index >= 15 is 0 Å². The van der Waals surface area contributed by atoms with E-state index in [1.807, 2.05) is 6.92 Å². The molecule has 0 fully saturated rings. The zero-order valence-electron chi connectivity index (χ0n) is 14.2. The molecule has 3 aromatic heterocycles. The molecule has 0 spiro atoms. The molecule has 0 aliphatic rings. The molecule has 0 aliphatic heterocycles. The molecule has 1 aromatic carbocycles. The van der Waals surface area contributed by atoms with Crippen molar-refractivity contribution in [3.05, 3.63) is 50.8 Å². The summed E-state index contributed by atoms with van der Waals surface area (Å²) < 4.78 is 12.1. The van der Waals surface area contributed by atoms with Crippen LogP contribution in [0.15, 0.2) is 24.5 Å². The highest BCUT2D eigenvalue weighted by Gasteiger charge is 2.20. The number of nitrogens with zero attached hydrogens (tertiary/aromatic N) is 4. The summed E-state index contributed by atoms with van der Waals surface area (Å²) in [5, 5.41) is 6.02. The van der Waals surface area contributed by atoms with Gasteiger partial charge in [0.25, 0.3) is 0 Å². The van der Waals surface area contributed by atoms with Gasteiger partial charge in [-0.1, -0.05) is 23.2 Å². The summed E-state index contributed by atoms with van der Waals surface area (Å²) in [4.78, 5) is 22.0. The molecule has 3 heterocycles. The highest BCUT2D eigenvalue weighted by molar-refractivity contribution is 7.20. The molecule has 4 rings (SSSR count). The van der Waals surface area contributed by atoms with Gasteiger partial charge in [0, 0.05) is 6.07 Å². The number of methoxy groups -OCH3 is 1. The van der Waals surface area contributed by atoms with E-state index in [1.54, 1.807) is 29.0 Å². The van der Waals surface area contributed by atoms with Crippen LogP contribution in [-0.4, -0.2) is 32.7 Å². The Morgan fingerprint density at radius 2 is 2.11 bits per heavy atom. The van der Waals surface area contributed by atoms with Crippen LogP contribution in [-0.2, 0) is 11.3 Å². The van der Waals surface area contributed by atoms with Crippen molar-refractivity contribution in [2.24, 2.45) is 0 Å². The molecule has 0 atom stereocenters. The molecule has 0 amide bonds. The van der Waals surface area contributed by atoms with Gasteiger partial charge >= 0.3 is 5.97 Å². The van der Waals surface area contributed by atoms with E-state index in [0.717, 1.165) is 10.9 Å². The van der Waals surface area contributed by atoms with Gasteiger partial charge in [-0.15, -0.1) is 16.4 Å². The number of hydrogen-bond acceptors (Lipinski definition) is 7. The lowest BCUT2D eigenvalue weighted by Crippen LogP contribution is -1.99. The summed E-state index contributed by atoms with van der Waals surface area (Å²) in [6, 6.07) is 5.01. The zero-order chi connectivity index (χ0) is 19.1. The molecular weight excluding hydrogens is 411 g/mol. The topological polar surface area (TPSA) is 78.6 Å². The molecule has 0 N–H and O–H groups in total. The maximum absolute atomic E-state index is 11.9. The first-order chi connectivity index (χ1) is 13.0. The van der Waals surface area contributed by atoms with Gasteiger partial charge in [0.15, 0.2) is 11.5 Å². The van der Waals surface area contributed by atoms with Crippen LogP contribution in [0.4, 0.5) is 0 Å². The summed E-state index contributed by atoms with van der Waals surface area (Å²) in [5.41, 5.74) is 1.38. The normalized spacial score (nSPS) is 11.3. The Labute approximate surface area is 167 Å². The molecule has 4 aromatic rings. The molecule has 138 valence electrons. The summed E-state index contributed by atoms with van der Waals surface area (Å²) >= 11 is 13.2. The molecule has 0 aliphatic carbocycles.